The SMILES string of the molecule is Cl.O=C(CCOc1ccc(Cl)cc1)NCC1CCCN1. The standard InChI is InChI=1S/C14H19ClN2O2.ClH/c15-11-3-5-13(6-4-11)19-9-7-14(18)17-10-12-2-1-8-16-12;/h3-6,12,16H,1-2,7-10H2,(H,17,18);1H. The van der Waals surface area contributed by atoms with Crippen LogP contribution in [0.25, 0.3) is 0 Å². The molecule has 0 spiro atoms. The van der Waals surface area contributed by atoms with Crippen molar-refractivity contribution >= 4 is 29.9 Å². The Morgan fingerprint density at radius 2 is 2.15 bits per heavy atom. The molecule has 0 aromatic heterocycles. The van der Waals surface area contributed by atoms with E-state index in [9.17, 15) is 4.79 Å². The fourth-order valence-electron chi connectivity index (χ4n) is 2.05. The first-order valence-corrected chi connectivity index (χ1v) is 7.00. The van der Waals surface area contributed by atoms with E-state index in [4.69, 9.17) is 16.3 Å². The second-order valence-electron chi connectivity index (χ2n) is 4.65. The molecule has 1 saturated heterocycles. The van der Waals surface area contributed by atoms with Crippen LogP contribution in [0.2, 0.25) is 5.02 Å². The van der Waals surface area contributed by atoms with E-state index in [1.807, 2.05) is 0 Å². The molecule has 6 heteroatoms. The lowest BCUT2D eigenvalue weighted by atomic mass is 10.2. The van der Waals surface area contributed by atoms with Gasteiger partial charge in [0.15, 0.2) is 0 Å². The number of rotatable bonds is 6. The quantitative estimate of drug-likeness (QED) is 0.846. The van der Waals surface area contributed by atoms with Gasteiger partial charge in [-0.2, -0.15) is 0 Å². The van der Waals surface area contributed by atoms with Crippen LogP contribution in [0.1, 0.15) is 19.3 Å². The van der Waals surface area contributed by atoms with Crippen LogP contribution in [0.5, 0.6) is 5.75 Å². The Morgan fingerprint density at radius 1 is 1.40 bits per heavy atom. The van der Waals surface area contributed by atoms with E-state index in [-0.39, 0.29) is 18.3 Å². The Labute approximate surface area is 130 Å². The monoisotopic (exact) mass is 318 g/mol. The number of carbonyl (C=O) groups excluding carboxylic acids is 1. The fraction of sp³-hybridized carbons (Fsp3) is 0.500. The van der Waals surface area contributed by atoms with Gasteiger partial charge in [-0.25, -0.2) is 0 Å². The van der Waals surface area contributed by atoms with Crippen molar-refractivity contribution in [3.63, 3.8) is 0 Å². The molecule has 1 aliphatic rings. The summed E-state index contributed by atoms with van der Waals surface area (Å²) >= 11 is 5.77. The summed E-state index contributed by atoms with van der Waals surface area (Å²) in [7, 11) is 0. The maximum absolute atomic E-state index is 11.6. The predicted molar refractivity (Wildman–Crippen MR) is 82.8 cm³/mol. The first-order valence-electron chi connectivity index (χ1n) is 6.62. The molecule has 20 heavy (non-hydrogen) atoms. The maximum Gasteiger partial charge on any atom is 0.223 e. The molecule has 1 fully saturated rings. The smallest absolute Gasteiger partial charge is 0.223 e. The van der Waals surface area contributed by atoms with Crippen LogP contribution in [0.15, 0.2) is 24.3 Å². The fourth-order valence-corrected chi connectivity index (χ4v) is 2.17. The number of nitrogens with one attached hydrogen (secondary N) is 2. The number of hydrogen-bond acceptors (Lipinski definition) is 3. The molecule has 1 aliphatic heterocycles. The molecule has 2 rings (SSSR count). The predicted octanol–water partition coefficient (Wildman–Crippen LogP) is 2.40. The summed E-state index contributed by atoms with van der Waals surface area (Å²) in [5, 5.41) is 6.93. The highest BCUT2D eigenvalue weighted by Crippen LogP contribution is 2.15. The lowest BCUT2D eigenvalue weighted by molar-refractivity contribution is -0.121. The van der Waals surface area contributed by atoms with Crippen LogP contribution in [-0.4, -0.2) is 31.6 Å². The van der Waals surface area contributed by atoms with Crippen LogP contribution in [-0.2, 0) is 4.79 Å². The van der Waals surface area contributed by atoms with Crippen LogP contribution >= 0.6 is 24.0 Å². The largest absolute Gasteiger partial charge is 0.493 e. The summed E-state index contributed by atoms with van der Waals surface area (Å²) in [5.74, 6) is 0.761. The highest BCUT2D eigenvalue weighted by atomic mass is 35.5. The Balaban J connectivity index is 0.00000200. The lowest BCUT2D eigenvalue weighted by Crippen LogP contribution is -2.37. The van der Waals surface area contributed by atoms with Crippen molar-refractivity contribution in [3.05, 3.63) is 29.3 Å². The van der Waals surface area contributed by atoms with Crippen molar-refractivity contribution in [1.82, 2.24) is 10.6 Å². The minimum atomic E-state index is 0. The van der Waals surface area contributed by atoms with Crippen LogP contribution in [0.4, 0.5) is 0 Å². The van der Waals surface area contributed by atoms with Crippen LogP contribution in [0.3, 0.4) is 0 Å². The maximum atomic E-state index is 11.6. The lowest BCUT2D eigenvalue weighted by Gasteiger charge is -2.11. The minimum Gasteiger partial charge on any atom is -0.493 e. The summed E-state index contributed by atoms with van der Waals surface area (Å²) in [5.41, 5.74) is 0. The van der Waals surface area contributed by atoms with Crippen LogP contribution < -0.4 is 15.4 Å². The molecule has 1 aromatic carbocycles. The zero-order valence-electron chi connectivity index (χ0n) is 11.2. The number of amides is 1. The summed E-state index contributed by atoms with van der Waals surface area (Å²) in [6.07, 6.45) is 2.71. The average molecular weight is 319 g/mol. The molecule has 1 unspecified atom stereocenters. The Bertz CT molecular complexity index is 406. The van der Waals surface area contributed by atoms with Gasteiger partial charge in [0.1, 0.15) is 5.75 Å². The molecule has 1 amide bonds. The molecule has 0 bridgehead atoms. The van der Waals surface area contributed by atoms with Crippen molar-refractivity contribution in [1.29, 1.82) is 0 Å². The van der Waals surface area contributed by atoms with Gasteiger partial charge in [-0.15, -0.1) is 12.4 Å². The van der Waals surface area contributed by atoms with Crippen molar-refractivity contribution < 1.29 is 9.53 Å². The van der Waals surface area contributed by atoms with Crippen LogP contribution in [0, 0.1) is 0 Å². The van der Waals surface area contributed by atoms with E-state index in [1.54, 1.807) is 24.3 Å². The van der Waals surface area contributed by atoms with Gasteiger partial charge in [0.05, 0.1) is 13.0 Å². The topological polar surface area (TPSA) is 50.4 Å². The van der Waals surface area contributed by atoms with Gasteiger partial charge in [-0.1, -0.05) is 11.6 Å². The molecular formula is C14H20Cl2N2O2. The van der Waals surface area contributed by atoms with Gasteiger partial charge in [0.25, 0.3) is 0 Å². The molecule has 0 radical (unpaired) electrons. The second-order valence-corrected chi connectivity index (χ2v) is 5.09. The van der Waals surface area contributed by atoms with Gasteiger partial charge in [0.2, 0.25) is 5.91 Å². The van der Waals surface area contributed by atoms with Gasteiger partial charge < -0.3 is 15.4 Å². The Morgan fingerprint density at radius 3 is 2.80 bits per heavy atom. The van der Waals surface area contributed by atoms with E-state index < -0.39 is 0 Å². The molecule has 0 saturated carbocycles. The van der Waals surface area contributed by atoms with E-state index in [1.165, 1.54) is 6.42 Å². The first kappa shape index (κ1) is 17.1. The molecule has 0 aliphatic carbocycles. The zero-order chi connectivity index (χ0) is 13.5. The van der Waals surface area contributed by atoms with E-state index in [2.05, 4.69) is 10.6 Å². The summed E-state index contributed by atoms with van der Waals surface area (Å²) in [4.78, 5) is 11.6. The van der Waals surface area contributed by atoms with Crippen molar-refractivity contribution in [2.24, 2.45) is 0 Å². The zero-order valence-corrected chi connectivity index (χ0v) is 12.8. The third-order valence-electron chi connectivity index (χ3n) is 3.12. The minimum absolute atomic E-state index is 0. The Hall–Kier alpha value is -0.970. The summed E-state index contributed by atoms with van der Waals surface area (Å²) in [6.45, 7) is 2.14. The number of ether oxygens (including phenoxy) is 1. The number of hydrogen-bond donors (Lipinski definition) is 2. The van der Waals surface area contributed by atoms with Gasteiger partial charge in [-0.3, -0.25) is 4.79 Å². The normalized spacial score (nSPS) is 17.4. The van der Waals surface area contributed by atoms with E-state index >= 15 is 0 Å². The molecular weight excluding hydrogens is 299 g/mol. The van der Waals surface area contributed by atoms with Gasteiger partial charge >= 0.3 is 0 Å². The number of benzene rings is 1. The van der Waals surface area contributed by atoms with E-state index in [0.29, 0.717) is 30.6 Å². The molecule has 1 heterocycles. The third-order valence-corrected chi connectivity index (χ3v) is 3.37. The highest BCUT2D eigenvalue weighted by Gasteiger charge is 2.14. The molecule has 112 valence electrons. The van der Waals surface area contributed by atoms with Crippen molar-refractivity contribution in [2.75, 3.05) is 19.7 Å². The molecule has 2 N–H and O–H groups in total. The average Bonchev–Trinajstić information content (AvgIpc) is 2.92. The van der Waals surface area contributed by atoms with Crippen molar-refractivity contribution in [2.45, 2.75) is 25.3 Å². The summed E-state index contributed by atoms with van der Waals surface area (Å²) in [6, 6.07) is 7.55. The van der Waals surface area contributed by atoms with Crippen molar-refractivity contribution in [3.8, 4) is 5.75 Å². The number of carbonyl (C=O) groups is 1. The molecule has 1 atom stereocenters. The van der Waals surface area contributed by atoms with Gasteiger partial charge in [-0.05, 0) is 43.7 Å². The van der Waals surface area contributed by atoms with Gasteiger partial charge in [0, 0.05) is 17.6 Å². The highest BCUT2D eigenvalue weighted by molar-refractivity contribution is 6.30. The molecule has 4 nitrogen and oxygen atoms in total. The molecule has 1 aromatic rings. The first-order chi connectivity index (χ1) is 9.24. The third kappa shape index (κ3) is 5.99. The number of halogens is 2. The second kappa shape index (κ2) is 9.06. The van der Waals surface area contributed by atoms with E-state index in [0.717, 1.165) is 18.7 Å². The Kier molecular flexibility index (Phi) is 7.73. The summed E-state index contributed by atoms with van der Waals surface area (Å²) < 4.78 is 5.47.